The highest BCUT2D eigenvalue weighted by Gasteiger charge is 2.17. The van der Waals surface area contributed by atoms with Crippen molar-refractivity contribution in [1.82, 2.24) is 0 Å². The van der Waals surface area contributed by atoms with E-state index in [4.69, 9.17) is 4.74 Å². The van der Waals surface area contributed by atoms with Crippen LogP contribution >= 0.6 is 0 Å². The zero-order chi connectivity index (χ0) is 13.8. The number of hydrogen-bond donors (Lipinski definition) is 1. The average molecular weight is 263 g/mol. The third-order valence-electron chi connectivity index (χ3n) is 3.63. The minimum Gasteiger partial charge on any atom is -0.494 e. The molecule has 0 bridgehead atoms. The summed E-state index contributed by atoms with van der Waals surface area (Å²) in [5.74, 6) is 1.27. The maximum absolute atomic E-state index is 13.3. The van der Waals surface area contributed by atoms with Gasteiger partial charge in [-0.1, -0.05) is 18.6 Å². The average Bonchev–Trinajstić information content (AvgIpc) is 2.36. The first-order valence-corrected chi connectivity index (χ1v) is 6.83. The van der Waals surface area contributed by atoms with Crippen LogP contribution in [0.2, 0.25) is 0 Å². The highest BCUT2D eigenvalue weighted by Crippen LogP contribution is 2.28. The molecule has 2 nitrogen and oxygen atoms in total. The maximum Gasteiger partial charge on any atom is 0.165 e. The lowest BCUT2D eigenvalue weighted by Gasteiger charge is -2.26. The van der Waals surface area contributed by atoms with E-state index in [1.807, 2.05) is 0 Å². The molecule has 0 aliphatic heterocycles. The summed E-state index contributed by atoms with van der Waals surface area (Å²) in [5.41, 5.74) is 2.39. The van der Waals surface area contributed by atoms with Crippen molar-refractivity contribution in [2.75, 3.05) is 19.0 Å². The Morgan fingerprint density at radius 1 is 1.42 bits per heavy atom. The van der Waals surface area contributed by atoms with Crippen molar-refractivity contribution in [3.63, 3.8) is 0 Å². The molecule has 0 radical (unpaired) electrons. The van der Waals surface area contributed by atoms with Gasteiger partial charge in [0.2, 0.25) is 0 Å². The van der Waals surface area contributed by atoms with Crippen LogP contribution < -0.4 is 10.1 Å². The second-order valence-electron chi connectivity index (χ2n) is 5.53. The van der Waals surface area contributed by atoms with E-state index in [0.29, 0.717) is 11.8 Å². The SMILES string of the molecule is COc1cc(NCC2CC(C)=CC(C)C2)ccc1F. The zero-order valence-corrected chi connectivity index (χ0v) is 11.9. The third-order valence-corrected chi connectivity index (χ3v) is 3.63. The molecule has 104 valence electrons. The van der Waals surface area contributed by atoms with Crippen LogP contribution in [-0.4, -0.2) is 13.7 Å². The molecule has 2 rings (SSSR count). The number of anilines is 1. The summed E-state index contributed by atoms with van der Waals surface area (Å²) in [7, 11) is 1.49. The van der Waals surface area contributed by atoms with Crippen LogP contribution in [0, 0.1) is 17.7 Å². The van der Waals surface area contributed by atoms with Crippen molar-refractivity contribution in [2.24, 2.45) is 11.8 Å². The highest BCUT2D eigenvalue weighted by molar-refractivity contribution is 5.48. The van der Waals surface area contributed by atoms with E-state index in [2.05, 4.69) is 25.2 Å². The number of benzene rings is 1. The molecule has 2 unspecified atom stereocenters. The van der Waals surface area contributed by atoms with Gasteiger partial charge in [-0.2, -0.15) is 0 Å². The van der Waals surface area contributed by atoms with Gasteiger partial charge in [0.05, 0.1) is 7.11 Å². The predicted molar refractivity (Wildman–Crippen MR) is 77.1 cm³/mol. The van der Waals surface area contributed by atoms with Gasteiger partial charge in [0.1, 0.15) is 0 Å². The smallest absolute Gasteiger partial charge is 0.165 e. The number of nitrogens with one attached hydrogen (secondary N) is 1. The molecule has 2 atom stereocenters. The van der Waals surface area contributed by atoms with E-state index in [1.54, 1.807) is 12.1 Å². The van der Waals surface area contributed by atoms with Gasteiger partial charge in [-0.3, -0.25) is 0 Å². The first-order valence-electron chi connectivity index (χ1n) is 6.83. The van der Waals surface area contributed by atoms with Crippen LogP contribution in [0.3, 0.4) is 0 Å². The fourth-order valence-corrected chi connectivity index (χ4v) is 2.87. The first-order chi connectivity index (χ1) is 9.08. The number of rotatable bonds is 4. The van der Waals surface area contributed by atoms with Crippen molar-refractivity contribution in [3.05, 3.63) is 35.7 Å². The van der Waals surface area contributed by atoms with E-state index >= 15 is 0 Å². The van der Waals surface area contributed by atoms with E-state index in [9.17, 15) is 4.39 Å². The topological polar surface area (TPSA) is 21.3 Å². The summed E-state index contributed by atoms with van der Waals surface area (Å²) in [5, 5.41) is 3.38. The number of allylic oxidation sites excluding steroid dienone is 2. The van der Waals surface area contributed by atoms with E-state index in [1.165, 1.54) is 25.2 Å². The van der Waals surface area contributed by atoms with Gasteiger partial charge in [0.25, 0.3) is 0 Å². The van der Waals surface area contributed by atoms with Crippen LogP contribution in [0.4, 0.5) is 10.1 Å². The lowest BCUT2D eigenvalue weighted by molar-refractivity contribution is 0.386. The Morgan fingerprint density at radius 3 is 2.89 bits per heavy atom. The summed E-state index contributed by atoms with van der Waals surface area (Å²) in [6.45, 7) is 5.38. The molecule has 0 aromatic heterocycles. The predicted octanol–water partition coefficient (Wildman–Crippen LogP) is 4.24. The Labute approximate surface area is 114 Å². The Balaban J connectivity index is 1.94. The molecule has 1 N–H and O–H groups in total. The Bertz CT molecular complexity index is 470. The third kappa shape index (κ3) is 3.72. The number of hydrogen-bond acceptors (Lipinski definition) is 2. The molecule has 0 saturated heterocycles. The Hall–Kier alpha value is -1.51. The second kappa shape index (κ2) is 6.09. The van der Waals surface area contributed by atoms with Gasteiger partial charge >= 0.3 is 0 Å². The van der Waals surface area contributed by atoms with Gasteiger partial charge in [0.15, 0.2) is 11.6 Å². The molecular weight excluding hydrogens is 241 g/mol. The molecule has 1 aromatic rings. The molecule has 0 heterocycles. The summed E-state index contributed by atoms with van der Waals surface area (Å²) in [6, 6.07) is 4.91. The van der Waals surface area contributed by atoms with Gasteiger partial charge < -0.3 is 10.1 Å². The molecule has 1 aliphatic carbocycles. The molecule has 0 amide bonds. The van der Waals surface area contributed by atoms with Crippen LogP contribution in [0.15, 0.2) is 29.8 Å². The lowest BCUT2D eigenvalue weighted by Crippen LogP contribution is -2.20. The molecule has 1 aromatic carbocycles. The van der Waals surface area contributed by atoms with Gasteiger partial charge in [0, 0.05) is 18.3 Å². The minimum absolute atomic E-state index is 0.290. The molecular formula is C16H22FNO. The van der Waals surface area contributed by atoms with Crippen LogP contribution in [0.25, 0.3) is 0 Å². The van der Waals surface area contributed by atoms with Crippen molar-refractivity contribution in [1.29, 1.82) is 0 Å². The number of halogens is 1. The fraction of sp³-hybridized carbons (Fsp3) is 0.500. The number of ether oxygens (including phenoxy) is 1. The maximum atomic E-state index is 13.3. The molecule has 3 heteroatoms. The quantitative estimate of drug-likeness (QED) is 0.820. The van der Waals surface area contributed by atoms with Crippen molar-refractivity contribution in [2.45, 2.75) is 26.7 Å². The Morgan fingerprint density at radius 2 is 2.21 bits per heavy atom. The molecule has 1 aliphatic rings. The van der Waals surface area contributed by atoms with E-state index in [0.717, 1.165) is 18.7 Å². The highest BCUT2D eigenvalue weighted by atomic mass is 19.1. The molecule has 0 spiro atoms. The monoisotopic (exact) mass is 263 g/mol. The molecule has 0 saturated carbocycles. The lowest BCUT2D eigenvalue weighted by atomic mass is 9.84. The van der Waals surface area contributed by atoms with Crippen molar-refractivity contribution < 1.29 is 9.13 Å². The minimum atomic E-state index is -0.321. The first kappa shape index (κ1) is 13.9. The zero-order valence-electron chi connectivity index (χ0n) is 11.9. The summed E-state index contributed by atoms with van der Waals surface area (Å²) in [4.78, 5) is 0. The van der Waals surface area contributed by atoms with Crippen molar-refractivity contribution in [3.8, 4) is 5.75 Å². The van der Waals surface area contributed by atoms with Crippen LogP contribution in [-0.2, 0) is 0 Å². The summed E-state index contributed by atoms with van der Waals surface area (Å²) < 4.78 is 18.3. The molecule has 19 heavy (non-hydrogen) atoms. The van der Waals surface area contributed by atoms with Gasteiger partial charge in [-0.15, -0.1) is 0 Å². The van der Waals surface area contributed by atoms with Gasteiger partial charge in [-0.05, 0) is 43.7 Å². The molecule has 0 fully saturated rings. The van der Waals surface area contributed by atoms with Crippen LogP contribution in [0.1, 0.15) is 26.7 Å². The Kier molecular flexibility index (Phi) is 4.46. The van der Waals surface area contributed by atoms with Gasteiger partial charge in [-0.25, -0.2) is 4.39 Å². The standard InChI is InChI=1S/C16H22FNO/c1-11-6-12(2)8-13(7-11)10-18-14-4-5-15(17)16(9-14)19-3/h4-6,9,11,13,18H,7-8,10H2,1-3H3. The normalized spacial score (nSPS) is 22.8. The number of methoxy groups -OCH3 is 1. The van der Waals surface area contributed by atoms with E-state index in [-0.39, 0.29) is 11.6 Å². The largest absolute Gasteiger partial charge is 0.494 e. The second-order valence-corrected chi connectivity index (χ2v) is 5.53. The fourth-order valence-electron chi connectivity index (χ4n) is 2.87. The summed E-state index contributed by atoms with van der Waals surface area (Å²) >= 11 is 0. The van der Waals surface area contributed by atoms with Crippen LogP contribution in [0.5, 0.6) is 5.75 Å². The summed E-state index contributed by atoms with van der Waals surface area (Å²) in [6.07, 6.45) is 4.72. The van der Waals surface area contributed by atoms with E-state index < -0.39 is 0 Å². The van der Waals surface area contributed by atoms with Crippen molar-refractivity contribution >= 4 is 5.69 Å².